The number of rotatable bonds is 4. The number of likely N-dealkylation sites (tertiary alicyclic amines) is 1. The lowest BCUT2D eigenvalue weighted by molar-refractivity contribution is -0.137. The molecular formula is C19H20N2O4. The Bertz CT molecular complexity index is 810. The molecule has 130 valence electrons. The van der Waals surface area contributed by atoms with Gasteiger partial charge in [0.15, 0.2) is 6.61 Å². The van der Waals surface area contributed by atoms with Gasteiger partial charge >= 0.3 is 5.97 Å². The number of piperidine rings is 1. The van der Waals surface area contributed by atoms with Crippen molar-refractivity contribution in [3.05, 3.63) is 48.0 Å². The molecule has 0 radical (unpaired) electrons. The van der Waals surface area contributed by atoms with Gasteiger partial charge in [0.2, 0.25) is 5.91 Å². The monoisotopic (exact) mass is 340 g/mol. The average molecular weight is 340 g/mol. The normalized spacial score (nSPS) is 15.1. The summed E-state index contributed by atoms with van der Waals surface area (Å²) < 4.78 is 5.14. The van der Waals surface area contributed by atoms with Crippen LogP contribution in [-0.4, -0.2) is 42.4 Å². The fourth-order valence-electron chi connectivity index (χ4n) is 3.03. The Morgan fingerprint density at radius 3 is 2.40 bits per heavy atom. The van der Waals surface area contributed by atoms with Crippen LogP contribution in [-0.2, 0) is 14.3 Å². The molecule has 0 bridgehead atoms. The molecule has 1 aliphatic rings. The van der Waals surface area contributed by atoms with Crippen LogP contribution in [0.25, 0.3) is 10.8 Å². The largest absolute Gasteiger partial charge is 0.452 e. The van der Waals surface area contributed by atoms with Crippen molar-refractivity contribution in [3.8, 4) is 0 Å². The minimum atomic E-state index is -0.522. The smallest absolute Gasteiger partial charge is 0.338 e. The number of hydrogen-bond donors (Lipinski definition) is 1. The number of carbonyl (C=O) groups is 3. The van der Waals surface area contributed by atoms with Crippen LogP contribution in [0.3, 0.4) is 0 Å². The number of ether oxygens (including phenoxy) is 1. The molecule has 0 saturated carbocycles. The molecule has 25 heavy (non-hydrogen) atoms. The van der Waals surface area contributed by atoms with Crippen molar-refractivity contribution >= 4 is 28.6 Å². The second-order valence-corrected chi connectivity index (χ2v) is 6.20. The number of nitrogens with two attached hydrogens (primary N) is 1. The van der Waals surface area contributed by atoms with E-state index in [2.05, 4.69) is 0 Å². The number of hydrogen-bond acceptors (Lipinski definition) is 4. The van der Waals surface area contributed by atoms with Crippen molar-refractivity contribution in [2.45, 2.75) is 12.8 Å². The van der Waals surface area contributed by atoms with Crippen LogP contribution in [0.5, 0.6) is 0 Å². The Morgan fingerprint density at radius 2 is 1.72 bits per heavy atom. The van der Waals surface area contributed by atoms with Gasteiger partial charge in [-0.15, -0.1) is 0 Å². The van der Waals surface area contributed by atoms with Crippen LogP contribution >= 0.6 is 0 Å². The Kier molecular flexibility index (Phi) is 4.97. The molecule has 6 nitrogen and oxygen atoms in total. The molecule has 0 unspecified atom stereocenters. The van der Waals surface area contributed by atoms with Crippen molar-refractivity contribution in [2.24, 2.45) is 11.7 Å². The Balaban J connectivity index is 1.54. The number of amides is 2. The van der Waals surface area contributed by atoms with Gasteiger partial charge < -0.3 is 15.4 Å². The molecule has 2 N–H and O–H groups in total. The molecule has 1 fully saturated rings. The van der Waals surface area contributed by atoms with Gasteiger partial charge in [0.05, 0.1) is 5.56 Å². The molecule has 2 aromatic carbocycles. The number of fused-ring (bicyclic) bond motifs is 1. The Hall–Kier alpha value is -2.89. The highest BCUT2D eigenvalue weighted by Crippen LogP contribution is 2.18. The fraction of sp³-hybridized carbons (Fsp3) is 0.316. The summed E-state index contributed by atoms with van der Waals surface area (Å²) in [7, 11) is 0. The maximum absolute atomic E-state index is 12.2. The molecule has 0 aromatic heterocycles. The predicted octanol–water partition coefficient (Wildman–Crippen LogP) is 1.72. The third kappa shape index (κ3) is 3.96. The number of carbonyl (C=O) groups excluding carboxylic acids is 3. The summed E-state index contributed by atoms with van der Waals surface area (Å²) in [4.78, 5) is 37.1. The van der Waals surface area contributed by atoms with E-state index in [1.54, 1.807) is 17.0 Å². The number of nitrogens with zero attached hydrogens (tertiary/aromatic N) is 1. The SMILES string of the molecule is NC(=O)C1CCN(C(=O)COC(=O)c2ccc3ccccc3c2)CC1. The minimum Gasteiger partial charge on any atom is -0.452 e. The van der Waals surface area contributed by atoms with Gasteiger partial charge in [-0.3, -0.25) is 9.59 Å². The maximum Gasteiger partial charge on any atom is 0.338 e. The summed E-state index contributed by atoms with van der Waals surface area (Å²) in [5.41, 5.74) is 5.69. The third-order valence-electron chi connectivity index (χ3n) is 4.56. The van der Waals surface area contributed by atoms with Gasteiger partial charge in [0.1, 0.15) is 0 Å². The topological polar surface area (TPSA) is 89.7 Å². The highest BCUT2D eigenvalue weighted by molar-refractivity contribution is 5.96. The average Bonchev–Trinajstić information content (AvgIpc) is 2.65. The van der Waals surface area contributed by atoms with Crippen LogP contribution in [0.1, 0.15) is 23.2 Å². The number of primary amides is 1. The van der Waals surface area contributed by atoms with Crippen LogP contribution in [0.15, 0.2) is 42.5 Å². The van der Waals surface area contributed by atoms with E-state index in [1.165, 1.54) is 0 Å². The molecular weight excluding hydrogens is 320 g/mol. The van der Waals surface area contributed by atoms with Crippen LogP contribution in [0.4, 0.5) is 0 Å². The fourth-order valence-corrected chi connectivity index (χ4v) is 3.03. The number of esters is 1. The maximum atomic E-state index is 12.2. The Morgan fingerprint density at radius 1 is 1.04 bits per heavy atom. The summed E-state index contributed by atoms with van der Waals surface area (Å²) in [5.74, 6) is -1.28. The van der Waals surface area contributed by atoms with Crippen molar-refractivity contribution in [3.63, 3.8) is 0 Å². The zero-order valence-corrected chi connectivity index (χ0v) is 13.8. The molecule has 0 spiro atoms. The first-order valence-electron chi connectivity index (χ1n) is 8.27. The van der Waals surface area contributed by atoms with Crippen molar-refractivity contribution < 1.29 is 19.1 Å². The van der Waals surface area contributed by atoms with Crippen LogP contribution < -0.4 is 5.73 Å². The van der Waals surface area contributed by atoms with E-state index >= 15 is 0 Å². The van der Waals surface area contributed by atoms with Gasteiger partial charge in [-0.1, -0.05) is 30.3 Å². The molecule has 0 aliphatic carbocycles. The molecule has 2 amide bonds. The van der Waals surface area contributed by atoms with Gasteiger partial charge in [-0.05, 0) is 35.7 Å². The molecule has 1 heterocycles. The first kappa shape index (κ1) is 17.0. The molecule has 1 aliphatic heterocycles. The quantitative estimate of drug-likeness (QED) is 0.858. The first-order valence-corrected chi connectivity index (χ1v) is 8.27. The minimum absolute atomic E-state index is 0.177. The van der Waals surface area contributed by atoms with Gasteiger partial charge in [0.25, 0.3) is 5.91 Å². The third-order valence-corrected chi connectivity index (χ3v) is 4.56. The predicted molar refractivity (Wildman–Crippen MR) is 92.7 cm³/mol. The summed E-state index contributed by atoms with van der Waals surface area (Å²) in [5, 5.41) is 1.98. The first-order chi connectivity index (χ1) is 12.0. The lowest BCUT2D eigenvalue weighted by Crippen LogP contribution is -2.43. The van der Waals surface area contributed by atoms with Gasteiger partial charge in [0, 0.05) is 19.0 Å². The Labute approximate surface area is 145 Å². The summed E-state index contributed by atoms with van der Waals surface area (Å²) in [6.45, 7) is 0.618. The summed E-state index contributed by atoms with van der Waals surface area (Å²) in [6.07, 6.45) is 1.11. The second kappa shape index (κ2) is 7.34. The van der Waals surface area contributed by atoms with Gasteiger partial charge in [-0.25, -0.2) is 4.79 Å². The zero-order valence-electron chi connectivity index (χ0n) is 13.8. The van der Waals surface area contributed by atoms with Crippen molar-refractivity contribution in [1.29, 1.82) is 0 Å². The van der Waals surface area contributed by atoms with Crippen molar-refractivity contribution in [2.75, 3.05) is 19.7 Å². The van der Waals surface area contributed by atoms with E-state index in [4.69, 9.17) is 10.5 Å². The molecule has 1 saturated heterocycles. The molecule has 2 aromatic rings. The van der Waals surface area contributed by atoms with Crippen molar-refractivity contribution in [1.82, 2.24) is 4.90 Å². The van der Waals surface area contributed by atoms with Crippen LogP contribution in [0.2, 0.25) is 0 Å². The van der Waals surface area contributed by atoms with Crippen LogP contribution in [0, 0.1) is 5.92 Å². The summed E-state index contributed by atoms with van der Waals surface area (Å²) in [6, 6.07) is 13.0. The highest BCUT2D eigenvalue weighted by atomic mass is 16.5. The lowest BCUT2D eigenvalue weighted by atomic mass is 9.96. The zero-order chi connectivity index (χ0) is 17.8. The lowest BCUT2D eigenvalue weighted by Gasteiger charge is -2.30. The van der Waals surface area contributed by atoms with E-state index in [0.29, 0.717) is 31.5 Å². The van der Waals surface area contributed by atoms with E-state index < -0.39 is 5.97 Å². The molecule has 0 atom stereocenters. The van der Waals surface area contributed by atoms with E-state index in [1.807, 2.05) is 30.3 Å². The van der Waals surface area contributed by atoms with E-state index in [-0.39, 0.29) is 24.3 Å². The van der Waals surface area contributed by atoms with E-state index in [0.717, 1.165) is 10.8 Å². The second-order valence-electron chi connectivity index (χ2n) is 6.20. The van der Waals surface area contributed by atoms with E-state index in [9.17, 15) is 14.4 Å². The van der Waals surface area contributed by atoms with Gasteiger partial charge in [-0.2, -0.15) is 0 Å². The number of benzene rings is 2. The highest BCUT2D eigenvalue weighted by Gasteiger charge is 2.26. The molecule has 3 rings (SSSR count). The summed E-state index contributed by atoms with van der Waals surface area (Å²) >= 11 is 0. The standard InChI is InChI=1S/C19H20N2O4/c20-18(23)14-7-9-21(10-8-14)17(22)12-25-19(24)16-6-5-13-3-1-2-4-15(13)11-16/h1-6,11,14H,7-10,12H2,(H2,20,23). The molecule has 6 heteroatoms.